The van der Waals surface area contributed by atoms with E-state index in [0.717, 1.165) is 5.69 Å². The summed E-state index contributed by atoms with van der Waals surface area (Å²) in [6.45, 7) is 0. The number of benzene rings is 1. The highest BCUT2D eigenvalue weighted by molar-refractivity contribution is 8.00. The first kappa shape index (κ1) is 14.4. The topological polar surface area (TPSA) is 46.9 Å². The third kappa shape index (κ3) is 4.30. The molecule has 0 spiro atoms. The van der Waals surface area contributed by atoms with E-state index < -0.39 is 17.2 Å². The molecular weight excluding hydrogens is 291 g/mol. The monoisotopic (exact) mass is 301 g/mol. The Balaban J connectivity index is 1.95. The molecule has 0 atom stereocenters. The zero-order valence-corrected chi connectivity index (χ0v) is 10.9. The smallest absolute Gasteiger partial charge is 0.323 e. The van der Waals surface area contributed by atoms with E-state index in [1.165, 1.54) is 17.1 Å². The number of halogens is 3. The Hall–Kier alpha value is -1.96. The highest BCUT2D eigenvalue weighted by Crippen LogP contribution is 2.29. The number of hydrogen-bond acceptors (Lipinski definition) is 3. The molecule has 20 heavy (non-hydrogen) atoms. The molecule has 0 bridgehead atoms. The maximum absolute atomic E-state index is 11.9. The van der Waals surface area contributed by atoms with Gasteiger partial charge in [0.05, 0.1) is 29.5 Å². The number of carbonyl (C=O) groups excluding carboxylic acids is 1. The fourth-order valence-electron chi connectivity index (χ4n) is 1.45. The fraction of sp³-hybridized carbons (Fsp3) is 0.167. The lowest BCUT2D eigenvalue weighted by atomic mass is 10.3. The zero-order chi connectivity index (χ0) is 14.6. The van der Waals surface area contributed by atoms with Gasteiger partial charge in [0, 0.05) is 0 Å². The highest BCUT2D eigenvalue weighted by Gasteiger charge is 2.29. The Labute approximate surface area is 117 Å². The molecule has 0 unspecified atom stereocenters. The number of carbonyl (C=O) groups is 1. The molecular formula is C12H10F3N3OS. The number of thioether (sulfide) groups is 1. The van der Waals surface area contributed by atoms with Crippen molar-refractivity contribution in [2.75, 3.05) is 11.1 Å². The normalized spacial score (nSPS) is 11.3. The van der Waals surface area contributed by atoms with Crippen LogP contribution in [-0.4, -0.2) is 26.9 Å². The van der Waals surface area contributed by atoms with Gasteiger partial charge < -0.3 is 5.32 Å². The van der Waals surface area contributed by atoms with E-state index in [0.29, 0.717) is 5.69 Å². The van der Waals surface area contributed by atoms with Crippen LogP contribution < -0.4 is 5.32 Å². The van der Waals surface area contributed by atoms with Crippen molar-refractivity contribution in [2.45, 2.75) is 5.51 Å². The molecule has 0 saturated heterocycles. The second-order valence-electron chi connectivity index (χ2n) is 3.79. The van der Waals surface area contributed by atoms with Crippen LogP contribution in [0.2, 0.25) is 0 Å². The second kappa shape index (κ2) is 6.00. The number of nitrogens with zero attached hydrogens (tertiary/aromatic N) is 2. The summed E-state index contributed by atoms with van der Waals surface area (Å²) < 4.78 is 37.4. The molecule has 1 N–H and O–H groups in total. The molecule has 1 heterocycles. The molecule has 0 aliphatic heterocycles. The third-order valence-electron chi connectivity index (χ3n) is 2.25. The average Bonchev–Trinajstić information content (AvgIpc) is 2.85. The van der Waals surface area contributed by atoms with Crippen LogP contribution in [0, 0.1) is 0 Å². The van der Waals surface area contributed by atoms with Crippen LogP contribution in [0.5, 0.6) is 0 Å². The Morgan fingerprint density at radius 3 is 2.65 bits per heavy atom. The standard InChI is InChI=1S/C12H10F3N3OS/c13-12(14,15)20-8-11(19)17-9-6-16-18(7-9)10-4-2-1-3-5-10/h1-7H,8H2,(H,17,19). The number of anilines is 1. The summed E-state index contributed by atoms with van der Waals surface area (Å²) in [5.41, 5.74) is -3.27. The number of rotatable bonds is 4. The lowest BCUT2D eigenvalue weighted by Gasteiger charge is -2.05. The Bertz CT molecular complexity index is 583. The van der Waals surface area contributed by atoms with E-state index >= 15 is 0 Å². The molecule has 0 fully saturated rings. The summed E-state index contributed by atoms with van der Waals surface area (Å²) in [6, 6.07) is 9.14. The third-order valence-corrected chi connectivity index (χ3v) is 2.99. The summed E-state index contributed by atoms with van der Waals surface area (Å²) in [4.78, 5) is 11.3. The number of aromatic nitrogens is 2. The Kier molecular flexibility index (Phi) is 4.33. The van der Waals surface area contributed by atoms with Gasteiger partial charge in [-0.25, -0.2) is 4.68 Å². The first-order valence-electron chi connectivity index (χ1n) is 5.55. The highest BCUT2D eigenvalue weighted by atomic mass is 32.2. The lowest BCUT2D eigenvalue weighted by molar-refractivity contribution is -0.114. The second-order valence-corrected chi connectivity index (χ2v) is 4.83. The van der Waals surface area contributed by atoms with Crippen LogP contribution in [0.25, 0.3) is 5.69 Å². The van der Waals surface area contributed by atoms with Crippen LogP contribution in [-0.2, 0) is 4.79 Å². The van der Waals surface area contributed by atoms with Crippen molar-refractivity contribution in [3.05, 3.63) is 42.7 Å². The van der Waals surface area contributed by atoms with Crippen molar-refractivity contribution < 1.29 is 18.0 Å². The first-order chi connectivity index (χ1) is 9.44. The van der Waals surface area contributed by atoms with E-state index in [1.807, 2.05) is 30.3 Å². The van der Waals surface area contributed by atoms with Crippen molar-refractivity contribution in [1.29, 1.82) is 0 Å². The molecule has 106 valence electrons. The van der Waals surface area contributed by atoms with E-state index in [1.54, 1.807) is 0 Å². The van der Waals surface area contributed by atoms with Gasteiger partial charge in [-0.1, -0.05) is 18.2 Å². The van der Waals surface area contributed by atoms with Crippen molar-refractivity contribution in [3.63, 3.8) is 0 Å². The summed E-state index contributed by atoms with van der Waals surface area (Å²) >= 11 is -0.375. The van der Waals surface area contributed by atoms with Gasteiger partial charge in [0.2, 0.25) is 5.91 Å². The maximum Gasteiger partial charge on any atom is 0.442 e. The SMILES string of the molecule is O=C(CSC(F)(F)F)Nc1cnn(-c2ccccc2)c1. The van der Waals surface area contributed by atoms with Gasteiger partial charge in [0.1, 0.15) is 0 Å². The molecule has 1 aromatic heterocycles. The number of nitrogens with one attached hydrogen (secondary N) is 1. The summed E-state index contributed by atoms with van der Waals surface area (Å²) in [7, 11) is 0. The number of hydrogen-bond donors (Lipinski definition) is 1. The zero-order valence-electron chi connectivity index (χ0n) is 10.1. The molecule has 0 radical (unpaired) electrons. The number of para-hydroxylation sites is 1. The molecule has 1 amide bonds. The van der Waals surface area contributed by atoms with Crippen LogP contribution in [0.1, 0.15) is 0 Å². The quantitative estimate of drug-likeness (QED) is 0.944. The van der Waals surface area contributed by atoms with Gasteiger partial charge in [0.25, 0.3) is 0 Å². The molecule has 2 rings (SSSR count). The van der Waals surface area contributed by atoms with Crippen molar-refractivity contribution in [2.24, 2.45) is 0 Å². The minimum Gasteiger partial charge on any atom is -0.323 e. The lowest BCUT2D eigenvalue weighted by Crippen LogP contribution is -2.16. The van der Waals surface area contributed by atoms with E-state index in [9.17, 15) is 18.0 Å². The molecule has 0 saturated carbocycles. The van der Waals surface area contributed by atoms with Crippen LogP contribution in [0.3, 0.4) is 0 Å². The molecule has 0 aliphatic rings. The van der Waals surface area contributed by atoms with Crippen molar-refractivity contribution in [1.82, 2.24) is 9.78 Å². The van der Waals surface area contributed by atoms with E-state index in [2.05, 4.69) is 10.4 Å². The van der Waals surface area contributed by atoms with Gasteiger partial charge in [-0.3, -0.25) is 4.79 Å². The van der Waals surface area contributed by atoms with E-state index in [4.69, 9.17) is 0 Å². The van der Waals surface area contributed by atoms with Crippen LogP contribution >= 0.6 is 11.8 Å². The fourth-order valence-corrected chi connectivity index (χ4v) is 1.82. The predicted octanol–water partition coefficient (Wildman–Crippen LogP) is 3.06. The van der Waals surface area contributed by atoms with Gasteiger partial charge in [-0.15, -0.1) is 0 Å². The van der Waals surface area contributed by atoms with Crippen LogP contribution in [0.15, 0.2) is 42.7 Å². The minimum atomic E-state index is -4.41. The van der Waals surface area contributed by atoms with Crippen molar-refractivity contribution >= 4 is 23.4 Å². The summed E-state index contributed by atoms with van der Waals surface area (Å²) in [5, 5.41) is 6.38. The summed E-state index contributed by atoms with van der Waals surface area (Å²) in [5.74, 6) is -1.40. The molecule has 1 aromatic carbocycles. The number of amides is 1. The Morgan fingerprint density at radius 1 is 1.30 bits per heavy atom. The van der Waals surface area contributed by atoms with Gasteiger partial charge in [0.15, 0.2) is 0 Å². The predicted molar refractivity (Wildman–Crippen MR) is 70.7 cm³/mol. The van der Waals surface area contributed by atoms with E-state index in [-0.39, 0.29) is 11.8 Å². The van der Waals surface area contributed by atoms with Crippen molar-refractivity contribution in [3.8, 4) is 5.69 Å². The first-order valence-corrected chi connectivity index (χ1v) is 6.53. The average molecular weight is 301 g/mol. The minimum absolute atomic E-state index is 0.349. The molecule has 8 heteroatoms. The molecule has 4 nitrogen and oxygen atoms in total. The Morgan fingerprint density at radius 2 is 2.00 bits per heavy atom. The largest absolute Gasteiger partial charge is 0.442 e. The molecule has 2 aromatic rings. The van der Waals surface area contributed by atoms with Gasteiger partial charge >= 0.3 is 5.51 Å². The molecule has 0 aliphatic carbocycles. The van der Waals surface area contributed by atoms with Gasteiger partial charge in [-0.05, 0) is 23.9 Å². The van der Waals surface area contributed by atoms with Crippen LogP contribution in [0.4, 0.5) is 18.9 Å². The van der Waals surface area contributed by atoms with Gasteiger partial charge in [-0.2, -0.15) is 18.3 Å². The maximum atomic E-state index is 11.9. The number of alkyl halides is 3. The summed E-state index contributed by atoms with van der Waals surface area (Å²) in [6.07, 6.45) is 2.91.